The number of piperidine rings is 1. The van der Waals surface area contributed by atoms with Gasteiger partial charge in [0, 0.05) is 12.5 Å². The highest BCUT2D eigenvalue weighted by Gasteiger charge is 2.46. The summed E-state index contributed by atoms with van der Waals surface area (Å²) in [6.45, 7) is -1.14. The zero-order valence-electron chi connectivity index (χ0n) is 18.9. The van der Waals surface area contributed by atoms with Crippen molar-refractivity contribution in [3.63, 3.8) is 0 Å². The van der Waals surface area contributed by atoms with E-state index in [2.05, 4.69) is 0 Å². The Balaban J connectivity index is 1.52. The van der Waals surface area contributed by atoms with Gasteiger partial charge in [-0.15, -0.1) is 0 Å². The van der Waals surface area contributed by atoms with Crippen molar-refractivity contribution in [2.75, 3.05) is 13.2 Å². The van der Waals surface area contributed by atoms with Crippen molar-refractivity contribution in [3.8, 4) is 16.9 Å². The number of nitrogens with two attached hydrogens (primary N) is 1. The number of benzene rings is 2. The number of primary amides is 1. The van der Waals surface area contributed by atoms with Crippen molar-refractivity contribution in [3.05, 3.63) is 48.5 Å². The first-order valence-electron chi connectivity index (χ1n) is 11.4. The quantitative estimate of drug-likeness (QED) is 0.593. The molecule has 1 amide bonds. The van der Waals surface area contributed by atoms with Gasteiger partial charge in [0.2, 0.25) is 10.0 Å². The van der Waals surface area contributed by atoms with Gasteiger partial charge in [0.05, 0.1) is 4.90 Å². The van der Waals surface area contributed by atoms with Crippen molar-refractivity contribution >= 4 is 16.1 Å². The number of hydrogen-bond donors (Lipinski definition) is 1. The van der Waals surface area contributed by atoms with E-state index in [1.54, 1.807) is 24.3 Å². The monoisotopic (exact) mass is 512 g/mol. The Bertz CT molecular complexity index is 1140. The maximum Gasteiger partial charge on any atom is 0.422 e. The minimum atomic E-state index is -4.42. The van der Waals surface area contributed by atoms with Crippen LogP contribution in [0, 0.1) is 11.8 Å². The van der Waals surface area contributed by atoms with Crippen molar-refractivity contribution in [1.29, 1.82) is 0 Å². The van der Waals surface area contributed by atoms with Crippen molar-refractivity contribution in [2.45, 2.75) is 49.4 Å². The molecular weight excluding hydrogens is 485 g/mol. The van der Waals surface area contributed by atoms with Crippen LogP contribution in [0.4, 0.5) is 18.0 Å². The molecule has 2 aromatic carbocycles. The summed E-state index contributed by atoms with van der Waals surface area (Å²) >= 11 is 0. The largest absolute Gasteiger partial charge is 0.484 e. The van der Waals surface area contributed by atoms with E-state index in [0.29, 0.717) is 23.5 Å². The van der Waals surface area contributed by atoms with Crippen LogP contribution in [0.3, 0.4) is 0 Å². The molecule has 1 aliphatic carbocycles. The fourth-order valence-electron chi connectivity index (χ4n) is 4.99. The molecule has 2 aromatic rings. The molecule has 7 nitrogen and oxygen atoms in total. The molecule has 1 saturated carbocycles. The third kappa shape index (κ3) is 5.90. The minimum Gasteiger partial charge on any atom is -0.484 e. The second-order valence-corrected chi connectivity index (χ2v) is 10.8. The fraction of sp³-hybridized carbons (Fsp3) is 0.458. The molecule has 0 spiro atoms. The number of carbonyl (C=O) groups is 1. The first-order chi connectivity index (χ1) is 16.5. The first-order valence-corrected chi connectivity index (χ1v) is 12.9. The molecule has 1 aliphatic heterocycles. The Kier molecular flexibility index (Phi) is 7.27. The Morgan fingerprint density at radius 1 is 0.971 bits per heavy atom. The summed E-state index contributed by atoms with van der Waals surface area (Å²) in [5.74, 6) is 0.291. The van der Waals surface area contributed by atoms with Crippen LogP contribution >= 0.6 is 0 Å². The van der Waals surface area contributed by atoms with Crippen LogP contribution in [0.5, 0.6) is 5.75 Å². The zero-order chi connectivity index (χ0) is 25.2. The molecule has 11 heteroatoms. The van der Waals surface area contributed by atoms with Crippen LogP contribution in [0.15, 0.2) is 53.4 Å². The van der Waals surface area contributed by atoms with E-state index in [-0.39, 0.29) is 23.1 Å². The summed E-state index contributed by atoms with van der Waals surface area (Å²) in [5, 5.41) is 0. The molecule has 190 valence electrons. The third-order valence-corrected chi connectivity index (χ3v) is 8.50. The molecule has 35 heavy (non-hydrogen) atoms. The number of halogens is 3. The number of carbonyl (C=O) groups excluding carboxylic acids is 1. The van der Waals surface area contributed by atoms with Crippen LogP contribution in [-0.4, -0.2) is 44.4 Å². The van der Waals surface area contributed by atoms with Crippen molar-refractivity contribution in [2.24, 2.45) is 17.6 Å². The Morgan fingerprint density at radius 3 is 2.17 bits per heavy atom. The molecule has 2 fully saturated rings. The highest BCUT2D eigenvalue weighted by molar-refractivity contribution is 7.89. The number of sulfonamides is 1. The zero-order valence-corrected chi connectivity index (χ0v) is 19.7. The van der Waals surface area contributed by atoms with E-state index < -0.39 is 35.1 Å². The maximum atomic E-state index is 13.5. The van der Waals surface area contributed by atoms with Gasteiger partial charge in [-0.1, -0.05) is 37.1 Å². The van der Waals surface area contributed by atoms with Gasteiger partial charge >= 0.3 is 12.3 Å². The molecular formula is C24H27F3N2O5S. The second kappa shape index (κ2) is 10.1. The summed E-state index contributed by atoms with van der Waals surface area (Å²) in [7, 11) is -3.96. The lowest BCUT2D eigenvalue weighted by Crippen LogP contribution is -2.54. The fourth-order valence-corrected chi connectivity index (χ4v) is 6.56. The lowest BCUT2D eigenvalue weighted by Gasteiger charge is -2.45. The number of fused-ring (bicyclic) bond motifs is 1. The first kappa shape index (κ1) is 25.3. The van der Waals surface area contributed by atoms with Gasteiger partial charge < -0.3 is 15.2 Å². The molecule has 1 saturated heterocycles. The SMILES string of the molecule is NC(=O)OC1C2CCCCC2CCN1S(=O)(=O)c1ccc(-c2ccc(OCC(F)(F)F)cc2)cc1. The Hall–Kier alpha value is -2.79. The van der Waals surface area contributed by atoms with E-state index in [4.69, 9.17) is 15.2 Å². The third-order valence-electron chi connectivity index (χ3n) is 6.63. The van der Waals surface area contributed by atoms with Gasteiger partial charge in [0.1, 0.15) is 5.75 Å². The normalized spacial score (nSPS) is 23.3. The lowest BCUT2D eigenvalue weighted by atomic mass is 9.74. The molecule has 3 atom stereocenters. The molecule has 2 N–H and O–H groups in total. The van der Waals surface area contributed by atoms with Crippen LogP contribution in [-0.2, 0) is 14.8 Å². The molecule has 0 radical (unpaired) electrons. The summed E-state index contributed by atoms with van der Waals surface area (Å²) in [6, 6.07) is 12.2. The topological polar surface area (TPSA) is 98.9 Å². The van der Waals surface area contributed by atoms with Crippen LogP contribution in [0.1, 0.15) is 32.1 Å². The van der Waals surface area contributed by atoms with Gasteiger partial charge in [0.25, 0.3) is 0 Å². The summed E-state index contributed by atoms with van der Waals surface area (Å²) in [4.78, 5) is 11.6. The molecule has 3 unspecified atom stereocenters. The van der Waals surface area contributed by atoms with Crippen LogP contribution in [0.25, 0.3) is 11.1 Å². The number of rotatable bonds is 6. The Labute approximate surface area is 202 Å². The highest BCUT2D eigenvalue weighted by Crippen LogP contribution is 2.42. The number of hydrogen-bond acceptors (Lipinski definition) is 5. The predicted octanol–water partition coefficient (Wildman–Crippen LogP) is 4.92. The van der Waals surface area contributed by atoms with Gasteiger partial charge in [-0.2, -0.15) is 17.5 Å². The number of alkyl halides is 3. The van der Waals surface area contributed by atoms with Gasteiger partial charge in [-0.25, -0.2) is 13.2 Å². The van der Waals surface area contributed by atoms with E-state index in [0.717, 1.165) is 25.7 Å². The van der Waals surface area contributed by atoms with Gasteiger partial charge in [-0.3, -0.25) is 0 Å². The van der Waals surface area contributed by atoms with Crippen LogP contribution < -0.4 is 10.5 Å². The lowest BCUT2D eigenvalue weighted by molar-refractivity contribution is -0.153. The van der Waals surface area contributed by atoms with Crippen molar-refractivity contribution < 1.29 is 35.9 Å². The molecule has 0 bridgehead atoms. The van der Waals surface area contributed by atoms with Gasteiger partial charge in [-0.05, 0) is 60.6 Å². The predicted molar refractivity (Wildman–Crippen MR) is 122 cm³/mol. The van der Waals surface area contributed by atoms with Gasteiger partial charge in [0.15, 0.2) is 12.8 Å². The molecule has 1 heterocycles. The summed E-state index contributed by atoms with van der Waals surface area (Å²) in [5.41, 5.74) is 6.65. The van der Waals surface area contributed by atoms with E-state index >= 15 is 0 Å². The second-order valence-electron chi connectivity index (χ2n) is 8.89. The number of nitrogens with zero attached hydrogens (tertiary/aromatic N) is 1. The molecule has 0 aromatic heterocycles. The maximum absolute atomic E-state index is 13.5. The van der Waals surface area contributed by atoms with E-state index in [1.807, 2.05) is 0 Å². The summed E-state index contributed by atoms with van der Waals surface area (Å²) in [6.07, 6.45) is -1.88. The standard InChI is InChI=1S/C24H27F3N2O5S/c25-24(26,27)15-33-19-9-5-16(6-10-19)17-7-11-20(12-8-17)35(31,32)29-14-13-18-3-1-2-4-21(18)22(29)34-23(28)30/h5-12,18,21-22H,1-4,13-15H2,(H2,28,30). The number of amides is 1. The van der Waals surface area contributed by atoms with Crippen LogP contribution in [0.2, 0.25) is 0 Å². The van der Waals surface area contributed by atoms with Crippen molar-refractivity contribution in [1.82, 2.24) is 4.31 Å². The smallest absolute Gasteiger partial charge is 0.422 e. The molecule has 2 aliphatic rings. The number of ether oxygens (including phenoxy) is 2. The van der Waals surface area contributed by atoms with E-state index in [9.17, 15) is 26.4 Å². The average molecular weight is 513 g/mol. The minimum absolute atomic E-state index is 0.0544. The van der Waals surface area contributed by atoms with E-state index in [1.165, 1.54) is 28.6 Å². The average Bonchev–Trinajstić information content (AvgIpc) is 2.82. The Morgan fingerprint density at radius 2 is 1.57 bits per heavy atom. The highest BCUT2D eigenvalue weighted by atomic mass is 32.2. The summed E-state index contributed by atoms with van der Waals surface area (Å²) < 4.78 is 75.2. The molecule has 4 rings (SSSR count).